The third kappa shape index (κ3) is 2.29. The summed E-state index contributed by atoms with van der Waals surface area (Å²) in [7, 11) is 2.29. The summed E-state index contributed by atoms with van der Waals surface area (Å²) in [5.74, 6) is 0. The highest BCUT2D eigenvalue weighted by Gasteiger charge is 2.43. The fourth-order valence-corrected chi connectivity index (χ4v) is 3.37. The van der Waals surface area contributed by atoms with Crippen molar-refractivity contribution in [1.29, 1.82) is 0 Å². The van der Waals surface area contributed by atoms with Crippen LogP contribution in [0.25, 0.3) is 0 Å². The smallest absolute Gasteiger partial charge is 0.0406 e. The zero-order chi connectivity index (χ0) is 12.6. The van der Waals surface area contributed by atoms with E-state index < -0.39 is 0 Å². The minimum absolute atomic E-state index is 0.483. The number of piperazine rings is 1. The Kier molecular flexibility index (Phi) is 3.35. The Morgan fingerprint density at radius 1 is 1.33 bits per heavy atom. The van der Waals surface area contributed by atoms with Crippen molar-refractivity contribution in [3.05, 3.63) is 34.9 Å². The van der Waals surface area contributed by atoms with Crippen molar-refractivity contribution in [2.75, 3.05) is 20.1 Å². The van der Waals surface area contributed by atoms with Gasteiger partial charge in [-0.1, -0.05) is 23.7 Å². The maximum absolute atomic E-state index is 5.92. The zero-order valence-electron chi connectivity index (χ0n) is 11.0. The van der Waals surface area contributed by atoms with Crippen molar-refractivity contribution in [2.45, 2.75) is 37.3 Å². The van der Waals surface area contributed by atoms with E-state index in [1.807, 2.05) is 12.1 Å². The van der Waals surface area contributed by atoms with Gasteiger partial charge >= 0.3 is 0 Å². The summed E-state index contributed by atoms with van der Waals surface area (Å²) in [6, 6.07) is 8.81. The van der Waals surface area contributed by atoms with E-state index >= 15 is 0 Å². The Hall–Kier alpha value is -0.570. The molecule has 3 heteroatoms. The van der Waals surface area contributed by atoms with Gasteiger partial charge in [0.2, 0.25) is 0 Å². The summed E-state index contributed by atoms with van der Waals surface area (Å²) in [5.41, 5.74) is 1.85. The van der Waals surface area contributed by atoms with Crippen molar-refractivity contribution in [1.82, 2.24) is 10.2 Å². The first-order valence-corrected chi connectivity index (χ1v) is 7.25. The van der Waals surface area contributed by atoms with Crippen molar-refractivity contribution in [3.8, 4) is 0 Å². The van der Waals surface area contributed by atoms with Crippen LogP contribution in [0.5, 0.6) is 0 Å². The van der Waals surface area contributed by atoms with E-state index in [1.165, 1.54) is 24.8 Å². The maximum Gasteiger partial charge on any atom is 0.0406 e. The molecular weight excluding hydrogens is 244 g/mol. The molecule has 1 aliphatic heterocycles. The predicted octanol–water partition coefficient (Wildman–Crippen LogP) is 2.71. The zero-order valence-corrected chi connectivity index (χ0v) is 11.7. The molecule has 2 aliphatic rings. The second kappa shape index (κ2) is 4.84. The van der Waals surface area contributed by atoms with Crippen LogP contribution in [0.2, 0.25) is 5.02 Å². The molecule has 98 valence electrons. The van der Waals surface area contributed by atoms with Gasteiger partial charge in [-0.05, 0) is 50.4 Å². The van der Waals surface area contributed by atoms with Crippen LogP contribution < -0.4 is 5.32 Å². The van der Waals surface area contributed by atoms with Gasteiger partial charge in [0.1, 0.15) is 0 Å². The number of rotatable bonds is 2. The quantitative estimate of drug-likeness (QED) is 0.884. The number of nitrogens with zero attached hydrogens (tertiary/aromatic N) is 1. The predicted molar refractivity (Wildman–Crippen MR) is 76.2 cm³/mol. The van der Waals surface area contributed by atoms with Gasteiger partial charge < -0.3 is 5.32 Å². The van der Waals surface area contributed by atoms with Crippen molar-refractivity contribution in [2.24, 2.45) is 0 Å². The molecule has 1 aliphatic carbocycles. The first-order valence-electron chi connectivity index (χ1n) is 6.87. The van der Waals surface area contributed by atoms with Gasteiger partial charge in [-0.15, -0.1) is 0 Å². The summed E-state index contributed by atoms with van der Waals surface area (Å²) >= 11 is 5.92. The summed E-state index contributed by atoms with van der Waals surface area (Å²) in [6.07, 6.45) is 5.22. The van der Waals surface area contributed by atoms with E-state index in [0.717, 1.165) is 24.5 Å². The second-order valence-electron chi connectivity index (χ2n) is 5.87. The molecule has 1 spiro atoms. The van der Waals surface area contributed by atoms with E-state index in [4.69, 9.17) is 11.6 Å². The lowest BCUT2D eigenvalue weighted by Gasteiger charge is -2.54. The number of benzene rings is 1. The van der Waals surface area contributed by atoms with Gasteiger partial charge in [-0.2, -0.15) is 0 Å². The summed E-state index contributed by atoms with van der Waals surface area (Å²) < 4.78 is 0. The van der Waals surface area contributed by atoms with E-state index in [1.54, 1.807) is 0 Å². The highest BCUT2D eigenvalue weighted by molar-refractivity contribution is 6.30. The summed E-state index contributed by atoms with van der Waals surface area (Å²) in [5, 5.41) is 4.55. The molecule has 1 N–H and O–H groups in total. The molecule has 1 saturated carbocycles. The van der Waals surface area contributed by atoms with Gasteiger partial charge in [0.25, 0.3) is 0 Å². The van der Waals surface area contributed by atoms with Crippen LogP contribution in [0.1, 0.15) is 24.8 Å². The molecule has 1 atom stereocenters. The third-order valence-corrected chi connectivity index (χ3v) is 4.96. The molecule has 18 heavy (non-hydrogen) atoms. The number of hydrogen-bond acceptors (Lipinski definition) is 2. The van der Waals surface area contributed by atoms with Crippen LogP contribution in [0.15, 0.2) is 24.3 Å². The SMILES string of the molecule is CN1C[C@H](Cc2ccc(Cl)cc2)NCC12CCC2. The Labute approximate surface area is 114 Å². The monoisotopic (exact) mass is 264 g/mol. The van der Waals surface area contributed by atoms with E-state index in [2.05, 4.69) is 29.4 Å². The highest BCUT2D eigenvalue weighted by Crippen LogP contribution is 2.38. The molecule has 1 saturated heterocycles. The lowest BCUT2D eigenvalue weighted by atomic mass is 9.73. The molecule has 2 fully saturated rings. The summed E-state index contributed by atoms with van der Waals surface area (Å²) in [4.78, 5) is 2.58. The Morgan fingerprint density at radius 3 is 2.61 bits per heavy atom. The molecule has 0 unspecified atom stereocenters. The lowest BCUT2D eigenvalue weighted by Crippen LogP contribution is -2.66. The van der Waals surface area contributed by atoms with Crippen LogP contribution in [-0.4, -0.2) is 36.6 Å². The molecule has 0 bridgehead atoms. The number of hydrogen-bond donors (Lipinski definition) is 1. The Balaban J connectivity index is 1.60. The Morgan fingerprint density at radius 2 is 2.06 bits per heavy atom. The van der Waals surface area contributed by atoms with Crippen LogP contribution >= 0.6 is 11.6 Å². The lowest BCUT2D eigenvalue weighted by molar-refractivity contribution is 0.000720. The first-order chi connectivity index (χ1) is 8.68. The van der Waals surface area contributed by atoms with E-state index in [9.17, 15) is 0 Å². The van der Waals surface area contributed by atoms with Gasteiger partial charge in [-0.3, -0.25) is 4.90 Å². The van der Waals surface area contributed by atoms with Crippen molar-refractivity contribution >= 4 is 11.6 Å². The van der Waals surface area contributed by atoms with Gasteiger partial charge in [0.05, 0.1) is 0 Å². The number of nitrogens with one attached hydrogen (secondary N) is 1. The fourth-order valence-electron chi connectivity index (χ4n) is 3.24. The standard InChI is InChI=1S/C15H21ClN2/c1-18-10-14(17-11-15(18)7-2-8-15)9-12-3-5-13(16)6-4-12/h3-6,14,17H,2,7-11H2,1H3/t14-/m0/s1. The molecule has 2 nitrogen and oxygen atoms in total. The Bertz CT molecular complexity index is 411. The minimum Gasteiger partial charge on any atom is -0.311 e. The average molecular weight is 265 g/mol. The molecule has 0 aromatic heterocycles. The topological polar surface area (TPSA) is 15.3 Å². The van der Waals surface area contributed by atoms with Gasteiger partial charge in [0.15, 0.2) is 0 Å². The van der Waals surface area contributed by atoms with Crippen molar-refractivity contribution < 1.29 is 0 Å². The molecular formula is C15H21ClN2. The second-order valence-corrected chi connectivity index (χ2v) is 6.30. The van der Waals surface area contributed by atoms with Gasteiger partial charge in [-0.25, -0.2) is 0 Å². The normalized spacial score (nSPS) is 27.1. The maximum atomic E-state index is 5.92. The van der Waals surface area contributed by atoms with Gasteiger partial charge in [0, 0.05) is 29.7 Å². The van der Waals surface area contributed by atoms with Crippen LogP contribution in [0.4, 0.5) is 0 Å². The van der Waals surface area contributed by atoms with Crippen LogP contribution in [0, 0.1) is 0 Å². The van der Waals surface area contributed by atoms with Crippen LogP contribution in [0.3, 0.4) is 0 Å². The third-order valence-electron chi connectivity index (χ3n) is 4.70. The number of likely N-dealkylation sites (N-methyl/N-ethyl adjacent to an activating group) is 1. The molecule has 0 amide bonds. The highest BCUT2D eigenvalue weighted by atomic mass is 35.5. The van der Waals surface area contributed by atoms with E-state index in [0.29, 0.717) is 11.6 Å². The molecule has 0 radical (unpaired) electrons. The molecule has 1 heterocycles. The molecule has 3 rings (SSSR count). The van der Waals surface area contributed by atoms with Crippen LogP contribution in [-0.2, 0) is 6.42 Å². The summed E-state index contributed by atoms with van der Waals surface area (Å²) in [6.45, 7) is 2.31. The average Bonchev–Trinajstić information content (AvgIpc) is 2.30. The molecule has 1 aromatic carbocycles. The van der Waals surface area contributed by atoms with Crippen molar-refractivity contribution in [3.63, 3.8) is 0 Å². The number of halogens is 1. The fraction of sp³-hybridized carbons (Fsp3) is 0.600. The largest absolute Gasteiger partial charge is 0.311 e. The van der Waals surface area contributed by atoms with E-state index in [-0.39, 0.29) is 0 Å². The first kappa shape index (κ1) is 12.5. The molecule has 1 aromatic rings. The minimum atomic E-state index is 0.483.